The molecule has 0 bridgehead atoms. The van der Waals surface area contributed by atoms with E-state index in [2.05, 4.69) is 90.7 Å². The molecule has 12 nitrogen and oxygen atoms in total. The van der Waals surface area contributed by atoms with E-state index in [1.54, 1.807) is 6.20 Å². The summed E-state index contributed by atoms with van der Waals surface area (Å²) in [6.07, 6.45) is 9.60. The van der Waals surface area contributed by atoms with E-state index in [0.29, 0.717) is 17.5 Å². The molecule has 1 fully saturated rings. The summed E-state index contributed by atoms with van der Waals surface area (Å²) in [5.74, 6) is 5.21. The molecule has 1 saturated heterocycles. The molecule has 0 amide bonds. The molecule has 4 N–H and O–H groups in total. The summed E-state index contributed by atoms with van der Waals surface area (Å²) in [4.78, 5) is 22.9. The van der Waals surface area contributed by atoms with Crippen molar-refractivity contribution in [2.75, 3.05) is 48.8 Å². The molecule has 2 aromatic carbocycles. The molecule has 0 spiro atoms. The first-order valence-electron chi connectivity index (χ1n) is 17.4. The standard InChI is InChI=1S/C24H31N7.C16H15N5/c1-24(2,3)19-16-22(29-28-19)26-21-17-23(31-14-12-30(4)13-15-31)27-20(25-21)11-10-18-8-6-5-7-9-18;1-12-11-16(21-20-12)19-15-9-10-17-14(18-15)8-7-13-5-3-2-4-6-13/h5-11,16-17H,12-15H2,1-4H3,(H2,25,26,27,28,29);2-11H,1H3,(H2,17,18,19,20,21)/b11-10+;8-7+. The van der Waals surface area contributed by atoms with Gasteiger partial charge in [-0.3, -0.25) is 10.2 Å². The van der Waals surface area contributed by atoms with Crippen molar-refractivity contribution in [3.05, 3.63) is 125 Å². The molecule has 7 rings (SSSR count). The second-order valence-electron chi connectivity index (χ2n) is 13.7. The van der Waals surface area contributed by atoms with Gasteiger partial charge in [-0.25, -0.2) is 19.9 Å². The van der Waals surface area contributed by atoms with Gasteiger partial charge in [0.2, 0.25) is 0 Å². The Hall–Kier alpha value is -6.14. The number of likely N-dealkylation sites (N-methyl/N-ethyl adjacent to an activating group) is 1. The van der Waals surface area contributed by atoms with Gasteiger partial charge in [0.05, 0.1) is 0 Å². The average Bonchev–Trinajstić information content (AvgIpc) is 3.80. The van der Waals surface area contributed by atoms with E-state index in [-0.39, 0.29) is 5.41 Å². The molecule has 0 unspecified atom stereocenters. The lowest BCUT2D eigenvalue weighted by Gasteiger charge is -2.33. The molecular weight excluding hydrogens is 649 g/mol. The van der Waals surface area contributed by atoms with Gasteiger partial charge in [0, 0.05) is 67.4 Å². The highest BCUT2D eigenvalue weighted by Gasteiger charge is 2.19. The third kappa shape index (κ3) is 10.4. The van der Waals surface area contributed by atoms with Crippen LogP contribution in [0, 0.1) is 6.92 Å². The highest BCUT2D eigenvalue weighted by Crippen LogP contribution is 2.25. The van der Waals surface area contributed by atoms with Crippen LogP contribution in [-0.2, 0) is 5.41 Å². The fourth-order valence-corrected chi connectivity index (χ4v) is 5.30. The Kier molecular flexibility index (Phi) is 11.5. The second-order valence-corrected chi connectivity index (χ2v) is 13.7. The van der Waals surface area contributed by atoms with E-state index in [9.17, 15) is 0 Å². The molecule has 5 heterocycles. The topological polar surface area (TPSA) is 139 Å². The highest BCUT2D eigenvalue weighted by molar-refractivity contribution is 5.69. The maximum absolute atomic E-state index is 4.82. The first-order valence-corrected chi connectivity index (χ1v) is 17.4. The van der Waals surface area contributed by atoms with Gasteiger partial charge in [-0.05, 0) is 43.3 Å². The zero-order valence-electron chi connectivity index (χ0n) is 30.4. The minimum Gasteiger partial charge on any atom is -0.354 e. The van der Waals surface area contributed by atoms with Crippen LogP contribution in [-0.4, -0.2) is 78.5 Å². The number of aromatic nitrogens is 8. The van der Waals surface area contributed by atoms with Crippen LogP contribution in [0.5, 0.6) is 0 Å². The number of H-pyrrole nitrogens is 2. The van der Waals surface area contributed by atoms with Crippen LogP contribution >= 0.6 is 0 Å². The smallest absolute Gasteiger partial charge is 0.156 e. The largest absolute Gasteiger partial charge is 0.354 e. The maximum Gasteiger partial charge on any atom is 0.156 e. The number of piperazine rings is 1. The lowest BCUT2D eigenvalue weighted by atomic mass is 9.92. The molecule has 0 saturated carbocycles. The van der Waals surface area contributed by atoms with E-state index in [4.69, 9.17) is 9.97 Å². The predicted molar refractivity (Wildman–Crippen MR) is 212 cm³/mol. The van der Waals surface area contributed by atoms with Crippen LogP contribution in [0.2, 0.25) is 0 Å². The lowest BCUT2D eigenvalue weighted by molar-refractivity contribution is 0.312. The number of hydrogen-bond donors (Lipinski definition) is 4. The summed E-state index contributed by atoms with van der Waals surface area (Å²) in [5, 5.41) is 21.0. The van der Waals surface area contributed by atoms with Crippen molar-refractivity contribution < 1.29 is 0 Å². The highest BCUT2D eigenvalue weighted by atomic mass is 15.3. The van der Waals surface area contributed by atoms with Gasteiger partial charge >= 0.3 is 0 Å². The Morgan fingerprint density at radius 1 is 0.635 bits per heavy atom. The number of anilines is 5. The van der Waals surface area contributed by atoms with E-state index in [1.807, 2.05) is 104 Å². The van der Waals surface area contributed by atoms with Gasteiger partial charge in [0.15, 0.2) is 23.3 Å². The number of aromatic amines is 2. The van der Waals surface area contributed by atoms with Gasteiger partial charge in [-0.15, -0.1) is 0 Å². The zero-order chi connectivity index (χ0) is 36.3. The van der Waals surface area contributed by atoms with Gasteiger partial charge in [-0.1, -0.05) is 93.6 Å². The average molecular weight is 695 g/mol. The van der Waals surface area contributed by atoms with Gasteiger partial charge < -0.3 is 20.4 Å². The van der Waals surface area contributed by atoms with Gasteiger partial charge in [-0.2, -0.15) is 10.2 Å². The molecule has 12 heteroatoms. The lowest BCUT2D eigenvalue weighted by Crippen LogP contribution is -2.44. The molecule has 266 valence electrons. The van der Waals surface area contributed by atoms with Crippen LogP contribution < -0.4 is 15.5 Å². The van der Waals surface area contributed by atoms with Crippen LogP contribution in [0.1, 0.15) is 54.9 Å². The first kappa shape index (κ1) is 35.7. The van der Waals surface area contributed by atoms with E-state index in [1.165, 1.54) is 0 Å². The predicted octanol–water partition coefficient (Wildman–Crippen LogP) is 7.59. The van der Waals surface area contributed by atoms with Crippen molar-refractivity contribution in [3.8, 4) is 0 Å². The van der Waals surface area contributed by atoms with Gasteiger partial charge in [0.25, 0.3) is 0 Å². The third-order valence-corrected chi connectivity index (χ3v) is 8.28. The number of hydrogen-bond acceptors (Lipinski definition) is 10. The summed E-state index contributed by atoms with van der Waals surface area (Å²) < 4.78 is 0. The van der Waals surface area contributed by atoms with Crippen molar-refractivity contribution in [2.45, 2.75) is 33.1 Å². The summed E-state index contributed by atoms with van der Waals surface area (Å²) in [6, 6.07) is 28.0. The summed E-state index contributed by atoms with van der Waals surface area (Å²) in [5.41, 5.74) is 4.31. The molecular formula is C40H46N12. The third-order valence-electron chi connectivity index (χ3n) is 8.28. The van der Waals surface area contributed by atoms with Crippen molar-refractivity contribution >= 4 is 53.4 Å². The molecule has 0 radical (unpaired) electrons. The summed E-state index contributed by atoms with van der Waals surface area (Å²) in [6.45, 7) is 12.4. The van der Waals surface area contributed by atoms with E-state index in [0.717, 1.165) is 72.0 Å². The van der Waals surface area contributed by atoms with E-state index < -0.39 is 0 Å². The van der Waals surface area contributed by atoms with Crippen LogP contribution in [0.15, 0.2) is 91.1 Å². The summed E-state index contributed by atoms with van der Waals surface area (Å²) in [7, 11) is 2.16. The fraction of sp³-hybridized carbons (Fsp3) is 0.250. The van der Waals surface area contributed by atoms with Crippen LogP contribution in [0.25, 0.3) is 24.3 Å². The molecule has 4 aromatic heterocycles. The Bertz CT molecular complexity index is 2070. The van der Waals surface area contributed by atoms with Crippen molar-refractivity contribution in [1.82, 2.24) is 45.2 Å². The molecule has 6 aromatic rings. The Labute approximate surface area is 305 Å². The van der Waals surface area contributed by atoms with Crippen molar-refractivity contribution in [1.29, 1.82) is 0 Å². The molecule has 52 heavy (non-hydrogen) atoms. The molecule has 1 aliphatic heterocycles. The Balaban J connectivity index is 0.000000192. The number of nitrogens with zero attached hydrogens (tertiary/aromatic N) is 8. The quantitative estimate of drug-likeness (QED) is 0.120. The van der Waals surface area contributed by atoms with E-state index >= 15 is 0 Å². The second kappa shape index (κ2) is 16.7. The molecule has 0 aliphatic carbocycles. The first-order chi connectivity index (χ1) is 25.2. The maximum atomic E-state index is 4.82. The number of rotatable bonds is 9. The Morgan fingerprint density at radius 2 is 1.23 bits per heavy atom. The number of benzene rings is 2. The SMILES string of the molecule is CN1CCN(c2cc(Nc3cc(C(C)(C)C)[nH]n3)nc(/C=C/c3ccccc3)n2)CC1.Cc1cc(Nc2ccnc(/C=C/c3ccccc3)n2)n[nH]1. The van der Waals surface area contributed by atoms with Crippen molar-refractivity contribution in [3.63, 3.8) is 0 Å². The minimum absolute atomic E-state index is 0.00711. The number of nitrogens with one attached hydrogen (secondary N) is 4. The molecule has 0 atom stereocenters. The van der Waals surface area contributed by atoms with Gasteiger partial charge in [0.1, 0.15) is 17.5 Å². The summed E-state index contributed by atoms with van der Waals surface area (Å²) >= 11 is 0. The Morgan fingerprint density at radius 3 is 1.85 bits per heavy atom. The number of aryl methyl sites for hydroxylation is 1. The monoisotopic (exact) mass is 694 g/mol. The van der Waals surface area contributed by atoms with Crippen molar-refractivity contribution in [2.24, 2.45) is 0 Å². The fourth-order valence-electron chi connectivity index (χ4n) is 5.30. The molecule has 1 aliphatic rings. The van der Waals surface area contributed by atoms with Crippen LogP contribution in [0.4, 0.5) is 29.1 Å². The minimum atomic E-state index is 0.00711. The normalized spacial score (nSPS) is 13.7. The van der Waals surface area contributed by atoms with Crippen LogP contribution in [0.3, 0.4) is 0 Å². The zero-order valence-corrected chi connectivity index (χ0v) is 30.4.